The molecule has 1 atom stereocenters. The van der Waals surface area contributed by atoms with Gasteiger partial charge in [0.05, 0.1) is 12.3 Å². The normalized spacial score (nSPS) is 19.4. The fourth-order valence-corrected chi connectivity index (χ4v) is 4.51. The lowest BCUT2D eigenvalue weighted by Crippen LogP contribution is -2.51. The summed E-state index contributed by atoms with van der Waals surface area (Å²) in [6, 6.07) is 10.7. The lowest BCUT2D eigenvalue weighted by atomic mass is 9.96. The van der Waals surface area contributed by atoms with Gasteiger partial charge in [0.15, 0.2) is 0 Å². The Balaban J connectivity index is 1.32. The molecule has 6 nitrogen and oxygen atoms in total. The summed E-state index contributed by atoms with van der Waals surface area (Å²) >= 11 is 0. The summed E-state index contributed by atoms with van der Waals surface area (Å²) in [4.78, 5) is 17.0. The predicted octanol–water partition coefficient (Wildman–Crippen LogP) is 3.91. The summed E-state index contributed by atoms with van der Waals surface area (Å²) in [5.41, 5.74) is 1.04. The molecule has 162 valence electrons. The molecule has 2 amide bonds. The lowest BCUT2D eigenvalue weighted by molar-refractivity contribution is 0.161. The van der Waals surface area contributed by atoms with E-state index in [0.29, 0.717) is 12.6 Å². The highest BCUT2D eigenvalue weighted by Gasteiger charge is 2.27. The molecule has 1 saturated carbocycles. The molecule has 1 aliphatic carbocycles. The number of benzene rings is 1. The van der Waals surface area contributed by atoms with E-state index >= 15 is 0 Å². The van der Waals surface area contributed by atoms with Gasteiger partial charge in [0.25, 0.3) is 0 Å². The molecule has 30 heavy (non-hydrogen) atoms. The second-order valence-electron chi connectivity index (χ2n) is 8.22. The molecule has 2 heterocycles. The number of amides is 2. The van der Waals surface area contributed by atoms with Crippen molar-refractivity contribution in [1.29, 1.82) is 0 Å². The molecule has 1 saturated heterocycles. The highest BCUT2D eigenvalue weighted by Crippen LogP contribution is 2.24. The Morgan fingerprint density at radius 3 is 2.47 bits per heavy atom. The average molecular weight is 415 g/mol. The number of carbonyl (C=O) groups is 1. The molecule has 0 radical (unpaired) electrons. The summed E-state index contributed by atoms with van der Waals surface area (Å²) in [6.45, 7) is 3.88. The summed E-state index contributed by atoms with van der Waals surface area (Å²) in [6.07, 6.45) is 7.47. The number of carbonyl (C=O) groups excluding carboxylic acids is 1. The number of hydrogen-bond acceptors (Lipinski definition) is 4. The maximum atomic E-state index is 13.2. The van der Waals surface area contributed by atoms with Gasteiger partial charge in [-0.2, -0.15) is 0 Å². The first-order valence-corrected chi connectivity index (χ1v) is 11.0. The van der Waals surface area contributed by atoms with Gasteiger partial charge in [-0.25, -0.2) is 9.18 Å². The van der Waals surface area contributed by atoms with E-state index in [1.165, 1.54) is 31.4 Å². The fraction of sp³-hybridized carbons (Fsp3) is 0.522. The van der Waals surface area contributed by atoms with Gasteiger partial charge in [-0.15, -0.1) is 0 Å². The van der Waals surface area contributed by atoms with Crippen molar-refractivity contribution in [3.8, 4) is 0 Å². The zero-order valence-electron chi connectivity index (χ0n) is 17.4. The van der Waals surface area contributed by atoms with Crippen molar-refractivity contribution < 1.29 is 13.6 Å². The first-order chi connectivity index (χ1) is 14.7. The van der Waals surface area contributed by atoms with Crippen LogP contribution < -0.4 is 15.5 Å². The molecule has 2 aliphatic rings. The van der Waals surface area contributed by atoms with Gasteiger partial charge in [0.2, 0.25) is 0 Å². The number of nitrogens with one attached hydrogen (secondary N) is 2. The summed E-state index contributed by atoms with van der Waals surface area (Å²) in [7, 11) is 0. The van der Waals surface area contributed by atoms with E-state index in [4.69, 9.17) is 4.42 Å². The van der Waals surface area contributed by atoms with E-state index in [1.807, 2.05) is 24.3 Å². The largest absolute Gasteiger partial charge is 0.468 e. The number of piperazine rings is 1. The molecule has 1 aliphatic heterocycles. The minimum atomic E-state index is -0.215. The molecule has 1 aromatic heterocycles. The lowest BCUT2D eigenvalue weighted by Gasteiger charge is -2.39. The van der Waals surface area contributed by atoms with Gasteiger partial charge in [-0.1, -0.05) is 19.3 Å². The predicted molar refractivity (Wildman–Crippen MR) is 115 cm³/mol. The van der Waals surface area contributed by atoms with Crippen LogP contribution in [0.1, 0.15) is 43.9 Å². The van der Waals surface area contributed by atoms with Crippen molar-refractivity contribution in [2.24, 2.45) is 0 Å². The SMILES string of the molecule is O=C(NCC(c1ccco1)N1CCN(c2ccc(F)cc2)CC1)NC1CCCCC1. The van der Waals surface area contributed by atoms with E-state index < -0.39 is 0 Å². The van der Waals surface area contributed by atoms with Crippen LogP contribution >= 0.6 is 0 Å². The molecule has 2 N–H and O–H groups in total. The summed E-state index contributed by atoms with van der Waals surface area (Å²) in [5.74, 6) is 0.649. The third-order valence-corrected chi connectivity index (χ3v) is 6.21. The number of hydrogen-bond donors (Lipinski definition) is 2. The van der Waals surface area contributed by atoms with Crippen molar-refractivity contribution in [2.75, 3.05) is 37.6 Å². The molecular weight excluding hydrogens is 383 g/mol. The van der Waals surface area contributed by atoms with Crippen LogP contribution in [0, 0.1) is 5.82 Å². The molecule has 1 unspecified atom stereocenters. The standard InChI is InChI=1S/C23H31FN4O2/c24-18-8-10-20(11-9-18)27-12-14-28(15-13-27)21(22-7-4-16-30-22)17-25-23(29)26-19-5-2-1-3-6-19/h4,7-11,16,19,21H,1-3,5-6,12-15,17H2,(H2,25,26,29). The quantitative estimate of drug-likeness (QED) is 0.752. The van der Waals surface area contributed by atoms with E-state index in [1.54, 1.807) is 6.26 Å². The number of anilines is 1. The second kappa shape index (κ2) is 9.98. The van der Waals surface area contributed by atoms with Gasteiger partial charge >= 0.3 is 6.03 Å². The molecule has 7 heteroatoms. The Bertz CT molecular complexity index is 782. The summed E-state index contributed by atoms with van der Waals surface area (Å²) < 4.78 is 18.9. The minimum Gasteiger partial charge on any atom is -0.468 e. The Labute approximate surface area is 177 Å². The molecule has 0 spiro atoms. The number of urea groups is 1. The topological polar surface area (TPSA) is 60.8 Å². The minimum absolute atomic E-state index is 0.00697. The van der Waals surface area contributed by atoms with Crippen LogP contribution in [0.25, 0.3) is 0 Å². The van der Waals surface area contributed by atoms with Crippen molar-refractivity contribution in [1.82, 2.24) is 15.5 Å². The van der Waals surface area contributed by atoms with Crippen LogP contribution in [0.5, 0.6) is 0 Å². The van der Waals surface area contributed by atoms with Crippen molar-refractivity contribution in [3.63, 3.8) is 0 Å². The van der Waals surface area contributed by atoms with Gasteiger partial charge in [0, 0.05) is 44.5 Å². The third kappa shape index (κ3) is 5.33. The number of rotatable bonds is 6. The van der Waals surface area contributed by atoms with Crippen LogP contribution in [0.4, 0.5) is 14.9 Å². The molecule has 1 aromatic carbocycles. The van der Waals surface area contributed by atoms with Gasteiger partial charge in [0.1, 0.15) is 11.6 Å². The summed E-state index contributed by atoms with van der Waals surface area (Å²) in [5, 5.41) is 6.18. The molecule has 0 bridgehead atoms. The molecule has 2 fully saturated rings. The van der Waals surface area contributed by atoms with Crippen molar-refractivity contribution >= 4 is 11.7 Å². The maximum Gasteiger partial charge on any atom is 0.315 e. The fourth-order valence-electron chi connectivity index (χ4n) is 4.51. The monoisotopic (exact) mass is 414 g/mol. The smallest absolute Gasteiger partial charge is 0.315 e. The first-order valence-electron chi connectivity index (χ1n) is 11.0. The third-order valence-electron chi connectivity index (χ3n) is 6.21. The maximum absolute atomic E-state index is 13.2. The van der Waals surface area contributed by atoms with Gasteiger partial charge in [-0.3, -0.25) is 4.90 Å². The number of furan rings is 1. The van der Waals surface area contributed by atoms with E-state index in [2.05, 4.69) is 20.4 Å². The average Bonchev–Trinajstić information content (AvgIpc) is 3.30. The van der Waals surface area contributed by atoms with E-state index in [9.17, 15) is 9.18 Å². The van der Waals surface area contributed by atoms with Crippen molar-refractivity contribution in [2.45, 2.75) is 44.2 Å². The van der Waals surface area contributed by atoms with Crippen LogP contribution in [-0.2, 0) is 0 Å². The first kappa shape index (κ1) is 20.7. The zero-order valence-corrected chi connectivity index (χ0v) is 17.4. The molecule has 4 rings (SSSR count). The zero-order chi connectivity index (χ0) is 20.8. The molecule has 2 aromatic rings. The Morgan fingerprint density at radius 1 is 1.07 bits per heavy atom. The number of halogens is 1. The van der Waals surface area contributed by atoms with Gasteiger partial charge < -0.3 is 20.0 Å². The Hall–Kier alpha value is -2.54. The highest BCUT2D eigenvalue weighted by molar-refractivity contribution is 5.74. The Kier molecular flexibility index (Phi) is 6.89. The van der Waals surface area contributed by atoms with Crippen LogP contribution in [0.3, 0.4) is 0 Å². The number of nitrogens with zero attached hydrogens (tertiary/aromatic N) is 2. The van der Waals surface area contributed by atoms with E-state index in [-0.39, 0.29) is 17.9 Å². The Morgan fingerprint density at radius 2 is 1.80 bits per heavy atom. The van der Waals surface area contributed by atoms with Gasteiger partial charge in [-0.05, 0) is 49.2 Å². The highest BCUT2D eigenvalue weighted by atomic mass is 19.1. The van der Waals surface area contributed by atoms with Crippen LogP contribution in [-0.4, -0.2) is 49.7 Å². The van der Waals surface area contributed by atoms with Crippen molar-refractivity contribution in [3.05, 3.63) is 54.2 Å². The van der Waals surface area contributed by atoms with E-state index in [0.717, 1.165) is 50.5 Å². The molecular formula is C23H31FN4O2. The van der Waals surface area contributed by atoms with Crippen LogP contribution in [0.15, 0.2) is 47.1 Å². The van der Waals surface area contributed by atoms with Crippen LogP contribution in [0.2, 0.25) is 0 Å². The second-order valence-corrected chi connectivity index (χ2v) is 8.22.